The molecule has 0 aliphatic carbocycles. The molecule has 0 N–H and O–H groups in total. The van der Waals surface area contributed by atoms with E-state index in [9.17, 15) is 0 Å². The van der Waals surface area contributed by atoms with Gasteiger partial charge in [-0.25, -0.2) is 0 Å². The summed E-state index contributed by atoms with van der Waals surface area (Å²) in [7, 11) is -0.548. The van der Waals surface area contributed by atoms with Gasteiger partial charge in [-0.1, -0.05) is 91.0 Å². The maximum Gasteiger partial charge on any atom is 0.0760 e. The summed E-state index contributed by atoms with van der Waals surface area (Å²) in [6.07, 6.45) is 2.42. The Kier molecular flexibility index (Phi) is 5.25. The zero-order chi connectivity index (χ0) is 16.9. The Bertz CT molecular complexity index is 725. The van der Waals surface area contributed by atoms with E-state index >= 15 is 0 Å². The Balaban J connectivity index is 1.59. The first-order valence-electron chi connectivity index (χ1n) is 8.97. The van der Waals surface area contributed by atoms with Crippen LogP contribution in [-0.4, -0.2) is 0 Å². The van der Waals surface area contributed by atoms with Crippen LogP contribution in [0.2, 0.25) is 0 Å². The lowest BCUT2D eigenvalue weighted by molar-refractivity contribution is 0.336. The lowest BCUT2D eigenvalue weighted by Crippen LogP contribution is -1.99. The molecule has 0 bridgehead atoms. The summed E-state index contributed by atoms with van der Waals surface area (Å²) >= 11 is 0. The third-order valence-corrected chi connectivity index (χ3v) is 7.69. The Labute approximate surface area is 151 Å². The quantitative estimate of drug-likeness (QED) is 0.458. The van der Waals surface area contributed by atoms with Crippen LogP contribution in [0.25, 0.3) is 0 Å². The highest BCUT2D eigenvalue weighted by Crippen LogP contribution is 2.71. The molecule has 1 heterocycles. The van der Waals surface area contributed by atoms with Crippen LogP contribution in [0, 0.1) is 0 Å². The molecule has 25 heavy (non-hydrogen) atoms. The molecule has 126 valence electrons. The molecule has 0 unspecified atom stereocenters. The molecule has 0 spiro atoms. The molecule has 4 rings (SSSR count). The van der Waals surface area contributed by atoms with Gasteiger partial charge in [0.2, 0.25) is 0 Å². The highest BCUT2D eigenvalue weighted by atomic mass is 31.1. The zero-order valence-electron chi connectivity index (χ0n) is 14.3. The Hall–Kier alpha value is -1.95. The summed E-state index contributed by atoms with van der Waals surface area (Å²) in [6.45, 7) is 0.708. The van der Waals surface area contributed by atoms with Crippen molar-refractivity contribution in [2.24, 2.45) is 0 Å². The van der Waals surface area contributed by atoms with E-state index in [0.717, 1.165) is 0 Å². The average Bonchev–Trinajstić information content (AvgIpc) is 3.12. The number of hydrogen-bond donors (Lipinski definition) is 0. The summed E-state index contributed by atoms with van der Waals surface area (Å²) in [4.78, 5) is 0. The molecule has 0 aromatic heterocycles. The molecule has 1 fully saturated rings. The van der Waals surface area contributed by atoms with E-state index in [1.165, 1.54) is 29.5 Å². The molecule has 3 aromatic rings. The largest absolute Gasteiger partial charge is 0.353 e. The van der Waals surface area contributed by atoms with Crippen LogP contribution in [0.4, 0.5) is 0 Å². The number of rotatable bonds is 5. The molecular weight excluding hydrogens is 323 g/mol. The molecule has 2 heteroatoms. The minimum Gasteiger partial charge on any atom is -0.353 e. The lowest BCUT2D eigenvalue weighted by atomic mass is 10.0. The lowest BCUT2D eigenvalue weighted by Gasteiger charge is -2.26. The van der Waals surface area contributed by atoms with E-state index in [1.807, 2.05) is 0 Å². The van der Waals surface area contributed by atoms with Crippen LogP contribution in [0.1, 0.15) is 40.8 Å². The average molecular weight is 346 g/mol. The van der Waals surface area contributed by atoms with Gasteiger partial charge in [-0.05, 0) is 29.5 Å². The predicted octanol–water partition coefficient (Wildman–Crippen LogP) is 6.88. The second-order valence-electron chi connectivity index (χ2n) is 6.55. The molecule has 0 saturated carbocycles. The Morgan fingerprint density at radius 3 is 1.56 bits per heavy atom. The summed E-state index contributed by atoms with van der Waals surface area (Å²) in [5.74, 6) is 0. The van der Waals surface area contributed by atoms with E-state index in [1.54, 1.807) is 0 Å². The molecule has 1 saturated heterocycles. The minimum absolute atomic E-state index is 0.533. The summed E-state index contributed by atoms with van der Waals surface area (Å²) in [5, 5.41) is 0. The normalized spacial score (nSPS) is 20.6. The second kappa shape index (κ2) is 7.95. The van der Waals surface area contributed by atoms with Crippen molar-refractivity contribution in [3.63, 3.8) is 0 Å². The monoisotopic (exact) mass is 346 g/mol. The van der Waals surface area contributed by atoms with E-state index in [2.05, 4.69) is 91.0 Å². The van der Waals surface area contributed by atoms with Gasteiger partial charge in [0.25, 0.3) is 0 Å². The van der Waals surface area contributed by atoms with Crippen molar-refractivity contribution >= 4 is 8.15 Å². The van der Waals surface area contributed by atoms with Crippen LogP contribution in [0.3, 0.4) is 0 Å². The van der Waals surface area contributed by atoms with Gasteiger partial charge in [-0.3, -0.25) is 0 Å². The molecule has 1 aliphatic heterocycles. The topological polar surface area (TPSA) is 9.23 Å². The third-order valence-electron chi connectivity index (χ3n) is 4.92. The molecular formula is C23H23OP. The molecule has 0 amide bonds. The van der Waals surface area contributed by atoms with Gasteiger partial charge < -0.3 is 4.52 Å². The second-order valence-corrected chi connectivity index (χ2v) is 8.77. The summed E-state index contributed by atoms with van der Waals surface area (Å²) in [6, 6.07) is 32.4. The highest BCUT2D eigenvalue weighted by molar-refractivity contribution is 7.53. The van der Waals surface area contributed by atoms with Gasteiger partial charge >= 0.3 is 0 Å². The maximum absolute atomic E-state index is 6.59. The van der Waals surface area contributed by atoms with Crippen molar-refractivity contribution in [3.05, 3.63) is 108 Å². The molecule has 1 aliphatic rings. The fourth-order valence-corrected chi connectivity index (χ4v) is 6.50. The van der Waals surface area contributed by atoms with Crippen LogP contribution >= 0.6 is 8.15 Å². The predicted molar refractivity (Wildman–Crippen MR) is 106 cm³/mol. The van der Waals surface area contributed by atoms with Crippen LogP contribution in [0.5, 0.6) is 0 Å². The van der Waals surface area contributed by atoms with E-state index in [-0.39, 0.29) is 0 Å². The first kappa shape index (κ1) is 16.5. The Morgan fingerprint density at radius 2 is 1.08 bits per heavy atom. The third kappa shape index (κ3) is 3.84. The van der Waals surface area contributed by atoms with Gasteiger partial charge in [-0.15, -0.1) is 0 Å². The molecule has 2 atom stereocenters. The van der Waals surface area contributed by atoms with E-state index in [0.29, 0.717) is 17.9 Å². The number of hydrogen-bond acceptors (Lipinski definition) is 1. The van der Waals surface area contributed by atoms with Crippen LogP contribution in [0.15, 0.2) is 91.0 Å². The standard InChI is InChI=1S/C23H23OP/c1-4-10-19(11-5-1)18-24-25-22(20-12-6-2-7-13-20)16-17-23(25)21-14-8-3-9-15-21/h1-15,22-23H,16-18H2/t22-,23-/m0/s1. The smallest absolute Gasteiger partial charge is 0.0760 e. The van der Waals surface area contributed by atoms with Gasteiger partial charge in [0.1, 0.15) is 0 Å². The van der Waals surface area contributed by atoms with Crippen molar-refractivity contribution in [2.45, 2.75) is 30.8 Å². The van der Waals surface area contributed by atoms with E-state index in [4.69, 9.17) is 4.52 Å². The molecule has 3 aromatic carbocycles. The zero-order valence-corrected chi connectivity index (χ0v) is 15.2. The van der Waals surface area contributed by atoms with Crippen molar-refractivity contribution in [3.8, 4) is 0 Å². The van der Waals surface area contributed by atoms with Crippen LogP contribution < -0.4 is 0 Å². The maximum atomic E-state index is 6.59. The van der Waals surface area contributed by atoms with Gasteiger partial charge in [-0.2, -0.15) is 0 Å². The van der Waals surface area contributed by atoms with Crippen LogP contribution in [-0.2, 0) is 11.1 Å². The first-order chi connectivity index (χ1) is 12.4. The van der Waals surface area contributed by atoms with Crippen molar-refractivity contribution in [1.82, 2.24) is 0 Å². The fourth-order valence-electron chi connectivity index (χ4n) is 3.67. The van der Waals surface area contributed by atoms with Crippen molar-refractivity contribution < 1.29 is 4.52 Å². The summed E-state index contributed by atoms with van der Waals surface area (Å²) in [5.41, 5.74) is 5.19. The molecule has 1 nitrogen and oxygen atoms in total. The minimum atomic E-state index is -0.548. The highest BCUT2D eigenvalue weighted by Gasteiger charge is 2.38. The number of benzene rings is 3. The Morgan fingerprint density at radius 1 is 0.640 bits per heavy atom. The summed E-state index contributed by atoms with van der Waals surface area (Å²) < 4.78 is 6.59. The van der Waals surface area contributed by atoms with Crippen molar-refractivity contribution in [2.75, 3.05) is 0 Å². The van der Waals surface area contributed by atoms with Gasteiger partial charge in [0.15, 0.2) is 0 Å². The molecule has 0 radical (unpaired) electrons. The van der Waals surface area contributed by atoms with Crippen molar-refractivity contribution in [1.29, 1.82) is 0 Å². The first-order valence-corrected chi connectivity index (χ1v) is 10.4. The SMILES string of the molecule is c1ccc(COP2[C@H](c3ccccc3)CC[C@H]2c2ccccc2)cc1. The fraction of sp³-hybridized carbons (Fsp3) is 0.217. The van der Waals surface area contributed by atoms with E-state index < -0.39 is 8.15 Å². The van der Waals surface area contributed by atoms with Gasteiger partial charge in [0.05, 0.1) is 6.61 Å². The van der Waals surface area contributed by atoms with Gasteiger partial charge in [0, 0.05) is 19.5 Å².